The minimum atomic E-state index is -0.721. The number of hydrogen-bond acceptors (Lipinski definition) is 6. The second-order valence-electron chi connectivity index (χ2n) is 5.02. The van der Waals surface area contributed by atoms with Crippen LogP contribution in [0.3, 0.4) is 0 Å². The number of esters is 1. The minimum absolute atomic E-state index is 0.0454. The zero-order valence-corrected chi connectivity index (χ0v) is 11.9. The minimum Gasteiger partial charge on any atom is -0.506 e. The molecule has 0 unspecified atom stereocenters. The molecular formula is C13H18N2O5. The van der Waals surface area contributed by atoms with Gasteiger partial charge >= 0.3 is 12.1 Å². The Morgan fingerprint density at radius 2 is 2.00 bits per heavy atom. The van der Waals surface area contributed by atoms with Crippen molar-refractivity contribution in [1.82, 2.24) is 4.98 Å². The molecule has 0 bridgehead atoms. The van der Waals surface area contributed by atoms with E-state index in [1.165, 1.54) is 25.4 Å². The van der Waals surface area contributed by atoms with Gasteiger partial charge in [0, 0.05) is 0 Å². The number of hydrogen-bond donors (Lipinski definition) is 1. The van der Waals surface area contributed by atoms with Gasteiger partial charge in [-0.1, -0.05) is 0 Å². The van der Waals surface area contributed by atoms with E-state index in [-0.39, 0.29) is 18.1 Å². The molecule has 1 amide bonds. The molecular weight excluding hydrogens is 264 g/mol. The van der Waals surface area contributed by atoms with Crippen molar-refractivity contribution >= 4 is 17.9 Å². The van der Waals surface area contributed by atoms with Crippen LogP contribution < -0.4 is 4.90 Å². The molecule has 0 saturated carbocycles. The number of amides is 1. The van der Waals surface area contributed by atoms with Crippen LogP contribution in [0.15, 0.2) is 18.3 Å². The number of ether oxygens (including phenoxy) is 2. The van der Waals surface area contributed by atoms with Gasteiger partial charge in [0.15, 0.2) is 0 Å². The summed E-state index contributed by atoms with van der Waals surface area (Å²) in [4.78, 5) is 28.4. The summed E-state index contributed by atoms with van der Waals surface area (Å²) < 4.78 is 9.75. The van der Waals surface area contributed by atoms with Gasteiger partial charge in [-0.25, -0.2) is 9.78 Å². The van der Waals surface area contributed by atoms with Gasteiger partial charge in [0.1, 0.15) is 23.7 Å². The van der Waals surface area contributed by atoms with Gasteiger partial charge in [0.25, 0.3) is 0 Å². The van der Waals surface area contributed by atoms with Crippen LogP contribution in [0, 0.1) is 0 Å². The molecule has 0 fully saturated rings. The summed E-state index contributed by atoms with van der Waals surface area (Å²) in [5.74, 6) is -0.468. The Bertz CT molecular complexity index is 479. The van der Waals surface area contributed by atoms with Gasteiger partial charge in [-0.15, -0.1) is 0 Å². The van der Waals surface area contributed by atoms with Gasteiger partial charge < -0.3 is 14.6 Å². The predicted molar refractivity (Wildman–Crippen MR) is 71.5 cm³/mol. The fourth-order valence-corrected chi connectivity index (χ4v) is 1.29. The number of methoxy groups -OCH3 is 1. The molecule has 7 heteroatoms. The van der Waals surface area contributed by atoms with Crippen molar-refractivity contribution in [2.75, 3.05) is 18.6 Å². The summed E-state index contributed by atoms with van der Waals surface area (Å²) in [6, 6.07) is 2.76. The summed E-state index contributed by atoms with van der Waals surface area (Å²) in [7, 11) is 1.22. The van der Waals surface area contributed by atoms with Crippen molar-refractivity contribution in [2.24, 2.45) is 0 Å². The van der Waals surface area contributed by atoms with E-state index in [0.29, 0.717) is 0 Å². The molecule has 0 radical (unpaired) electrons. The lowest BCUT2D eigenvalue weighted by Crippen LogP contribution is -2.40. The lowest BCUT2D eigenvalue weighted by molar-refractivity contribution is -0.139. The first-order valence-electron chi connectivity index (χ1n) is 5.95. The molecule has 1 aromatic rings. The predicted octanol–water partition coefficient (Wildman–Crippen LogP) is 1.70. The van der Waals surface area contributed by atoms with Crippen molar-refractivity contribution in [3.05, 3.63) is 18.3 Å². The summed E-state index contributed by atoms with van der Waals surface area (Å²) in [6.45, 7) is 4.81. The Hall–Kier alpha value is -2.31. The van der Waals surface area contributed by atoms with Gasteiger partial charge in [-0.3, -0.25) is 9.69 Å². The highest BCUT2D eigenvalue weighted by Crippen LogP contribution is 2.18. The van der Waals surface area contributed by atoms with Crippen molar-refractivity contribution in [2.45, 2.75) is 26.4 Å². The Morgan fingerprint density at radius 1 is 1.35 bits per heavy atom. The number of carbonyl (C=O) groups excluding carboxylic acids is 2. The number of aromatic hydroxyl groups is 1. The molecule has 0 saturated heterocycles. The van der Waals surface area contributed by atoms with E-state index in [2.05, 4.69) is 9.72 Å². The van der Waals surface area contributed by atoms with E-state index in [4.69, 9.17) is 4.74 Å². The molecule has 0 spiro atoms. The van der Waals surface area contributed by atoms with Crippen LogP contribution >= 0.6 is 0 Å². The summed E-state index contributed by atoms with van der Waals surface area (Å²) in [5, 5.41) is 9.20. The molecule has 1 heterocycles. The third-order valence-corrected chi connectivity index (χ3v) is 2.14. The monoisotopic (exact) mass is 282 g/mol. The third kappa shape index (κ3) is 4.75. The fourth-order valence-electron chi connectivity index (χ4n) is 1.29. The van der Waals surface area contributed by atoms with Crippen LogP contribution in [0.25, 0.3) is 0 Å². The van der Waals surface area contributed by atoms with Crippen molar-refractivity contribution in [1.29, 1.82) is 0 Å². The zero-order valence-electron chi connectivity index (χ0n) is 11.9. The summed E-state index contributed by atoms with van der Waals surface area (Å²) >= 11 is 0. The highest BCUT2D eigenvalue weighted by atomic mass is 16.6. The first-order valence-corrected chi connectivity index (χ1v) is 5.95. The quantitative estimate of drug-likeness (QED) is 0.849. The average molecular weight is 282 g/mol. The number of carbonyl (C=O) groups is 2. The highest BCUT2D eigenvalue weighted by molar-refractivity contribution is 5.92. The van der Waals surface area contributed by atoms with E-state index in [1.807, 2.05) is 0 Å². The molecule has 0 atom stereocenters. The molecule has 110 valence electrons. The molecule has 1 rings (SSSR count). The lowest BCUT2D eigenvalue weighted by atomic mass is 10.2. The van der Waals surface area contributed by atoms with E-state index in [1.54, 1.807) is 20.8 Å². The Balaban J connectivity index is 2.98. The van der Waals surface area contributed by atoms with E-state index >= 15 is 0 Å². The molecule has 0 aliphatic carbocycles. The maximum atomic E-state index is 12.1. The van der Waals surface area contributed by atoms with Gasteiger partial charge in [0.2, 0.25) is 0 Å². The van der Waals surface area contributed by atoms with Crippen LogP contribution in [0.4, 0.5) is 10.6 Å². The van der Waals surface area contributed by atoms with E-state index in [0.717, 1.165) is 4.90 Å². The SMILES string of the molecule is COC(=O)CN(C(=O)OC(C)(C)C)c1ccc(O)cn1. The molecule has 0 aromatic carbocycles. The Kier molecular flexibility index (Phi) is 4.90. The van der Waals surface area contributed by atoms with Crippen LogP contribution in [-0.2, 0) is 14.3 Å². The zero-order chi connectivity index (χ0) is 15.3. The number of aromatic nitrogens is 1. The number of pyridine rings is 1. The second kappa shape index (κ2) is 6.23. The standard InChI is InChI=1S/C13H18N2O5/c1-13(2,3)20-12(18)15(8-11(17)19-4)10-6-5-9(16)7-14-10/h5-7,16H,8H2,1-4H3. The number of rotatable bonds is 3. The normalized spacial score (nSPS) is 10.8. The van der Waals surface area contributed by atoms with Crippen LogP contribution in [0.1, 0.15) is 20.8 Å². The number of anilines is 1. The average Bonchev–Trinajstić information content (AvgIpc) is 2.34. The van der Waals surface area contributed by atoms with E-state index in [9.17, 15) is 14.7 Å². The topological polar surface area (TPSA) is 89.0 Å². The molecule has 0 aliphatic heterocycles. The van der Waals surface area contributed by atoms with E-state index < -0.39 is 17.7 Å². The van der Waals surface area contributed by atoms with Gasteiger partial charge in [-0.05, 0) is 32.9 Å². The third-order valence-electron chi connectivity index (χ3n) is 2.14. The van der Waals surface area contributed by atoms with Crippen molar-refractivity contribution in [3.8, 4) is 5.75 Å². The maximum Gasteiger partial charge on any atom is 0.416 e. The fraction of sp³-hybridized carbons (Fsp3) is 0.462. The van der Waals surface area contributed by atoms with Crippen molar-refractivity contribution in [3.63, 3.8) is 0 Å². The second-order valence-corrected chi connectivity index (χ2v) is 5.02. The summed E-state index contributed by atoms with van der Waals surface area (Å²) in [6.07, 6.45) is 0.449. The maximum absolute atomic E-state index is 12.1. The van der Waals surface area contributed by atoms with Crippen LogP contribution in [0.5, 0.6) is 5.75 Å². The highest BCUT2D eigenvalue weighted by Gasteiger charge is 2.26. The largest absolute Gasteiger partial charge is 0.506 e. The summed E-state index contributed by atoms with van der Waals surface area (Å²) in [5.41, 5.74) is -0.706. The number of nitrogens with zero attached hydrogens (tertiary/aromatic N) is 2. The smallest absolute Gasteiger partial charge is 0.416 e. The van der Waals surface area contributed by atoms with Gasteiger partial charge in [-0.2, -0.15) is 0 Å². The molecule has 0 aliphatic rings. The van der Waals surface area contributed by atoms with Crippen LogP contribution in [0.2, 0.25) is 0 Å². The Labute approximate surface area is 117 Å². The molecule has 1 N–H and O–H groups in total. The van der Waals surface area contributed by atoms with Crippen molar-refractivity contribution < 1.29 is 24.2 Å². The molecule has 1 aromatic heterocycles. The lowest BCUT2D eigenvalue weighted by Gasteiger charge is -2.26. The van der Waals surface area contributed by atoms with Gasteiger partial charge in [0.05, 0.1) is 13.3 Å². The first-order chi connectivity index (χ1) is 9.23. The Morgan fingerprint density at radius 3 is 2.45 bits per heavy atom. The molecule has 7 nitrogen and oxygen atoms in total. The molecule has 20 heavy (non-hydrogen) atoms. The first kappa shape index (κ1) is 15.7. The van der Waals surface area contributed by atoms with Crippen LogP contribution in [-0.4, -0.2) is 41.4 Å².